The molecule has 5 heteroatoms. The van der Waals surface area contributed by atoms with Gasteiger partial charge in [0.25, 0.3) is 0 Å². The second-order valence-corrected chi connectivity index (χ2v) is 6.35. The average molecular weight is 281 g/mol. The first kappa shape index (κ1) is 13.5. The van der Waals surface area contributed by atoms with E-state index in [1.165, 1.54) is 11.3 Å². The Balaban J connectivity index is 2.27. The van der Waals surface area contributed by atoms with Gasteiger partial charge in [-0.25, -0.2) is 0 Å². The molecule has 1 N–H and O–H groups in total. The normalized spacial score (nSPS) is 13.1. The van der Waals surface area contributed by atoms with E-state index in [0.717, 1.165) is 22.9 Å². The lowest BCUT2D eigenvalue weighted by atomic mass is 10.0. The van der Waals surface area contributed by atoms with Crippen LogP contribution in [0.25, 0.3) is 10.7 Å². The van der Waals surface area contributed by atoms with Gasteiger partial charge >= 0.3 is 0 Å². The summed E-state index contributed by atoms with van der Waals surface area (Å²) >= 11 is 7.05. The third kappa shape index (κ3) is 2.90. The van der Waals surface area contributed by atoms with Gasteiger partial charge < -0.3 is 0 Å². The molecule has 2 aromatic rings. The number of nitrogens with zero attached hydrogens (tertiary/aromatic N) is 2. The second-order valence-electron chi connectivity index (χ2n) is 5.02. The summed E-state index contributed by atoms with van der Waals surface area (Å²) in [5.41, 5.74) is 0. The van der Waals surface area contributed by atoms with Crippen LogP contribution >= 0.6 is 23.6 Å². The van der Waals surface area contributed by atoms with Gasteiger partial charge in [-0.1, -0.05) is 19.9 Å². The van der Waals surface area contributed by atoms with Crippen LogP contribution < -0.4 is 0 Å². The smallest absolute Gasteiger partial charge is 0.195 e. The summed E-state index contributed by atoms with van der Waals surface area (Å²) in [5, 5.41) is 9.34. The minimum Gasteiger partial charge on any atom is -0.297 e. The van der Waals surface area contributed by atoms with E-state index in [9.17, 15) is 0 Å². The number of aromatic amines is 1. The Morgan fingerprint density at radius 2 is 2.17 bits per heavy atom. The number of nitrogens with one attached hydrogen (secondary N) is 1. The van der Waals surface area contributed by atoms with Crippen LogP contribution in [0.15, 0.2) is 17.5 Å². The van der Waals surface area contributed by atoms with Crippen molar-refractivity contribution in [2.24, 2.45) is 5.92 Å². The van der Waals surface area contributed by atoms with E-state index in [1.807, 2.05) is 6.07 Å². The summed E-state index contributed by atoms with van der Waals surface area (Å²) in [5.74, 6) is 1.69. The molecule has 18 heavy (non-hydrogen) atoms. The van der Waals surface area contributed by atoms with E-state index < -0.39 is 0 Å². The molecule has 0 fully saturated rings. The third-order valence-electron chi connectivity index (χ3n) is 3.05. The van der Waals surface area contributed by atoms with Gasteiger partial charge in [0.2, 0.25) is 0 Å². The van der Waals surface area contributed by atoms with Gasteiger partial charge in [0.15, 0.2) is 10.6 Å². The van der Waals surface area contributed by atoms with Crippen LogP contribution in [0.5, 0.6) is 0 Å². The summed E-state index contributed by atoms with van der Waals surface area (Å²) in [7, 11) is 0. The maximum absolute atomic E-state index is 5.35. The number of H-pyrrole nitrogens is 1. The van der Waals surface area contributed by atoms with Crippen molar-refractivity contribution in [3.8, 4) is 10.7 Å². The van der Waals surface area contributed by atoms with E-state index in [1.54, 1.807) is 11.3 Å². The molecule has 98 valence electrons. The van der Waals surface area contributed by atoms with Crippen molar-refractivity contribution in [1.29, 1.82) is 0 Å². The molecule has 0 aliphatic heterocycles. The van der Waals surface area contributed by atoms with Crippen LogP contribution in [0.2, 0.25) is 0 Å². The van der Waals surface area contributed by atoms with Gasteiger partial charge in [-0.15, -0.1) is 11.3 Å². The van der Waals surface area contributed by atoms with Gasteiger partial charge in [-0.3, -0.25) is 9.67 Å². The topological polar surface area (TPSA) is 33.6 Å². The number of hydrogen-bond acceptors (Lipinski definition) is 3. The maximum Gasteiger partial charge on any atom is 0.195 e. The zero-order valence-corrected chi connectivity index (χ0v) is 12.6. The van der Waals surface area contributed by atoms with Gasteiger partial charge in [0.05, 0.1) is 4.88 Å². The number of rotatable bonds is 5. The average Bonchev–Trinajstić information content (AvgIpc) is 2.94. The lowest BCUT2D eigenvalue weighted by molar-refractivity contribution is 0.438. The lowest BCUT2D eigenvalue weighted by Crippen LogP contribution is -2.08. The lowest BCUT2D eigenvalue weighted by Gasteiger charge is -2.16. The molecule has 0 spiro atoms. The Labute approximate surface area is 117 Å². The quantitative estimate of drug-likeness (QED) is 0.808. The molecular weight excluding hydrogens is 262 g/mol. The Morgan fingerprint density at radius 1 is 1.39 bits per heavy atom. The van der Waals surface area contributed by atoms with E-state index >= 15 is 0 Å². The minimum atomic E-state index is 0.385. The van der Waals surface area contributed by atoms with Gasteiger partial charge in [0.1, 0.15) is 0 Å². The molecule has 0 saturated carbocycles. The van der Waals surface area contributed by atoms with Crippen LogP contribution in [0.3, 0.4) is 0 Å². The molecule has 1 atom stereocenters. The van der Waals surface area contributed by atoms with Crippen LogP contribution in [0.1, 0.15) is 39.7 Å². The van der Waals surface area contributed by atoms with Crippen molar-refractivity contribution >= 4 is 23.6 Å². The third-order valence-corrected chi connectivity index (χ3v) is 4.20. The molecular formula is C13H19N3S2. The van der Waals surface area contributed by atoms with Crippen LogP contribution in [-0.4, -0.2) is 14.8 Å². The molecule has 2 heterocycles. The molecule has 0 aliphatic rings. The standard InChI is InChI=1S/C13H19N3S2/c1-9(2)6-7-10(3)16-12(14-15-13(16)17)11-5-4-8-18-11/h4-5,8-10H,6-7H2,1-3H3,(H,15,17). The molecule has 0 bridgehead atoms. The molecule has 0 radical (unpaired) electrons. The molecule has 2 aromatic heterocycles. The van der Waals surface area contributed by atoms with Gasteiger partial charge in [-0.2, -0.15) is 5.10 Å². The predicted octanol–water partition coefficient (Wildman–Crippen LogP) is 4.67. The number of thiophene rings is 1. The van der Waals surface area contributed by atoms with Gasteiger partial charge in [-0.05, 0) is 49.3 Å². The first-order chi connectivity index (χ1) is 8.59. The zero-order chi connectivity index (χ0) is 13.1. The van der Waals surface area contributed by atoms with Crippen molar-refractivity contribution < 1.29 is 0 Å². The Morgan fingerprint density at radius 3 is 2.78 bits per heavy atom. The molecule has 1 unspecified atom stereocenters. The van der Waals surface area contributed by atoms with E-state index in [-0.39, 0.29) is 0 Å². The van der Waals surface area contributed by atoms with Crippen LogP contribution in [0.4, 0.5) is 0 Å². The monoisotopic (exact) mass is 281 g/mol. The Kier molecular flexibility index (Phi) is 4.35. The highest BCUT2D eigenvalue weighted by atomic mass is 32.1. The molecule has 2 rings (SSSR count). The summed E-state index contributed by atoms with van der Waals surface area (Å²) in [4.78, 5) is 1.17. The van der Waals surface area contributed by atoms with Crippen LogP contribution in [0, 0.1) is 10.7 Å². The number of aromatic nitrogens is 3. The summed E-state index contributed by atoms with van der Waals surface area (Å²) in [6.07, 6.45) is 2.34. The highest BCUT2D eigenvalue weighted by molar-refractivity contribution is 7.71. The fraction of sp³-hybridized carbons (Fsp3) is 0.538. The molecule has 0 aromatic carbocycles. The Hall–Kier alpha value is -0.940. The second kappa shape index (κ2) is 5.80. The fourth-order valence-electron chi connectivity index (χ4n) is 2.00. The number of hydrogen-bond donors (Lipinski definition) is 1. The SMILES string of the molecule is CC(C)CCC(C)n1c(-c2cccs2)n[nH]c1=S. The molecule has 0 amide bonds. The highest BCUT2D eigenvalue weighted by Crippen LogP contribution is 2.27. The van der Waals surface area contributed by atoms with Crippen molar-refractivity contribution in [1.82, 2.24) is 14.8 Å². The predicted molar refractivity (Wildman–Crippen MR) is 79.5 cm³/mol. The largest absolute Gasteiger partial charge is 0.297 e. The summed E-state index contributed by atoms with van der Waals surface area (Å²) in [6.45, 7) is 6.72. The molecule has 0 saturated heterocycles. The molecule has 3 nitrogen and oxygen atoms in total. The van der Waals surface area contributed by atoms with E-state index in [2.05, 4.69) is 47.0 Å². The van der Waals surface area contributed by atoms with Crippen molar-refractivity contribution in [2.75, 3.05) is 0 Å². The first-order valence-electron chi connectivity index (χ1n) is 6.30. The molecule has 0 aliphatic carbocycles. The van der Waals surface area contributed by atoms with Gasteiger partial charge in [0, 0.05) is 6.04 Å². The summed E-state index contributed by atoms with van der Waals surface area (Å²) < 4.78 is 2.86. The fourth-order valence-corrected chi connectivity index (χ4v) is 3.02. The Bertz CT molecular complexity index is 537. The summed E-state index contributed by atoms with van der Waals surface area (Å²) in [6, 6.07) is 4.51. The zero-order valence-electron chi connectivity index (χ0n) is 11.0. The van der Waals surface area contributed by atoms with Crippen molar-refractivity contribution in [3.63, 3.8) is 0 Å². The van der Waals surface area contributed by atoms with Crippen LogP contribution in [-0.2, 0) is 0 Å². The van der Waals surface area contributed by atoms with Crippen molar-refractivity contribution in [2.45, 2.75) is 39.7 Å². The van der Waals surface area contributed by atoms with E-state index in [4.69, 9.17) is 12.2 Å². The van der Waals surface area contributed by atoms with E-state index in [0.29, 0.717) is 6.04 Å². The minimum absolute atomic E-state index is 0.385. The first-order valence-corrected chi connectivity index (χ1v) is 7.59. The maximum atomic E-state index is 5.35. The highest BCUT2D eigenvalue weighted by Gasteiger charge is 2.15. The van der Waals surface area contributed by atoms with Crippen molar-refractivity contribution in [3.05, 3.63) is 22.3 Å².